The van der Waals surface area contributed by atoms with E-state index < -0.39 is 10.2 Å². The monoisotopic (exact) mass is 302 g/mol. The van der Waals surface area contributed by atoms with Gasteiger partial charge in [-0.2, -0.15) is 0 Å². The maximum Gasteiger partial charge on any atom is 2.00 e. The standard InChI is InChI=1S/Ba.2NO3.Na.H2O/c;2*2-1(3)4;;/h;;;;1H2/q+2;2*-1;+1;/p-1. The number of rotatable bonds is 0. The first-order valence-electron chi connectivity index (χ1n) is 1.10. The van der Waals surface area contributed by atoms with Crippen LogP contribution >= 0.6 is 0 Å². The molecule has 0 aromatic heterocycles. The van der Waals surface area contributed by atoms with Crippen LogP contribution in [-0.2, 0) is 0 Å². The van der Waals surface area contributed by atoms with Crippen molar-refractivity contribution in [2.75, 3.05) is 0 Å². The van der Waals surface area contributed by atoms with Crippen molar-refractivity contribution in [3.63, 3.8) is 0 Å². The average Bonchev–Trinajstić information content (AvgIpc) is 1.25. The van der Waals surface area contributed by atoms with Crippen LogP contribution in [0.25, 0.3) is 0 Å². The van der Waals surface area contributed by atoms with E-state index in [4.69, 9.17) is 30.6 Å². The second kappa shape index (κ2) is 22.4. The molecule has 0 rings (SSSR count). The van der Waals surface area contributed by atoms with Gasteiger partial charge in [-0.15, -0.1) is 0 Å². The van der Waals surface area contributed by atoms with Crippen molar-refractivity contribution in [1.82, 2.24) is 0 Å². The summed E-state index contributed by atoms with van der Waals surface area (Å²) in [7, 11) is 0. The van der Waals surface area contributed by atoms with Crippen LogP contribution < -0.4 is 29.6 Å². The third kappa shape index (κ3) is 1010. The Labute approximate surface area is 123 Å². The first-order chi connectivity index (χ1) is 3.46. The summed E-state index contributed by atoms with van der Waals surface area (Å²) in [5, 5.41) is 29.5. The summed E-state index contributed by atoms with van der Waals surface area (Å²) >= 11 is 0. The van der Waals surface area contributed by atoms with Gasteiger partial charge in [0.1, 0.15) is 0 Å². The van der Waals surface area contributed by atoms with E-state index >= 15 is 0 Å². The predicted octanol–water partition coefficient (Wildman–Crippen LogP) is -4.03. The van der Waals surface area contributed by atoms with E-state index in [2.05, 4.69) is 0 Å². The Morgan fingerprint density at radius 2 is 0.818 bits per heavy atom. The molecule has 11 heavy (non-hydrogen) atoms. The smallest absolute Gasteiger partial charge is 0.870 e. The number of nitrogens with zero attached hydrogens (tertiary/aromatic N) is 2. The fourth-order valence-corrected chi connectivity index (χ4v) is 0. The quantitative estimate of drug-likeness (QED) is 0.250. The van der Waals surface area contributed by atoms with E-state index in [0.29, 0.717) is 0 Å². The fourth-order valence-electron chi connectivity index (χ4n) is 0. The van der Waals surface area contributed by atoms with Crippen LogP contribution in [0.5, 0.6) is 0 Å². The summed E-state index contributed by atoms with van der Waals surface area (Å²) in [5.74, 6) is 0. The normalized spacial score (nSPS) is 4.36. The van der Waals surface area contributed by atoms with E-state index in [0.717, 1.165) is 0 Å². The molecular formula is HBaN2NaO7. The summed E-state index contributed by atoms with van der Waals surface area (Å²) in [6.45, 7) is 0. The zero-order valence-corrected chi connectivity index (χ0v) is 11.9. The van der Waals surface area contributed by atoms with Crippen LogP contribution in [0, 0.1) is 30.6 Å². The summed E-state index contributed by atoms with van der Waals surface area (Å²) in [5.41, 5.74) is 0. The van der Waals surface area contributed by atoms with Crippen LogP contribution in [-0.4, -0.2) is 64.5 Å². The molecule has 0 unspecified atom stereocenters. The molecule has 11 heteroatoms. The Bertz CT molecular complexity index is 74.4. The second-order valence-corrected chi connectivity index (χ2v) is 0.447. The molecule has 0 aliphatic carbocycles. The van der Waals surface area contributed by atoms with Gasteiger partial charge < -0.3 is 36.1 Å². The minimum Gasteiger partial charge on any atom is -0.870 e. The van der Waals surface area contributed by atoms with Gasteiger partial charge in [-0.3, -0.25) is 0 Å². The van der Waals surface area contributed by atoms with Gasteiger partial charge in [0.15, 0.2) is 0 Å². The number of hydrogen-bond acceptors (Lipinski definition) is 7. The minimum absolute atomic E-state index is 0. The topological polar surface area (TPSA) is 162 Å². The van der Waals surface area contributed by atoms with Crippen molar-refractivity contribution in [1.29, 1.82) is 0 Å². The molecule has 1 N–H and O–H groups in total. The van der Waals surface area contributed by atoms with Gasteiger partial charge in [0.25, 0.3) is 0 Å². The first-order valence-corrected chi connectivity index (χ1v) is 1.10. The van der Waals surface area contributed by atoms with E-state index in [-0.39, 0.29) is 83.9 Å². The van der Waals surface area contributed by atoms with E-state index in [1.807, 2.05) is 0 Å². The van der Waals surface area contributed by atoms with Crippen LogP contribution in [0.4, 0.5) is 0 Å². The van der Waals surface area contributed by atoms with Gasteiger partial charge in [0.05, 0.1) is 10.2 Å². The van der Waals surface area contributed by atoms with Crippen molar-refractivity contribution in [2.45, 2.75) is 0 Å². The van der Waals surface area contributed by atoms with Crippen molar-refractivity contribution >= 4 is 48.9 Å². The molecule has 0 bridgehead atoms. The van der Waals surface area contributed by atoms with Gasteiger partial charge in [0, 0.05) is 0 Å². The van der Waals surface area contributed by atoms with E-state index in [9.17, 15) is 0 Å². The fraction of sp³-hybridized carbons (Fsp3) is 0. The molecule has 0 saturated carbocycles. The zero-order chi connectivity index (χ0) is 7.15. The molecule has 0 heterocycles. The SMILES string of the molecule is O=[N+]([O-])[O-].O=[N+]([O-])[O-].[Ba+2].[Na+].[OH-]. The molecule has 0 saturated heterocycles. The zero-order valence-electron chi connectivity index (χ0n) is 5.50. The summed E-state index contributed by atoms with van der Waals surface area (Å²) < 4.78 is 0. The predicted molar refractivity (Wildman–Crippen MR) is 28.4 cm³/mol. The summed E-state index contributed by atoms with van der Waals surface area (Å²) in [6, 6.07) is 0. The third-order valence-electron chi connectivity index (χ3n) is 0. The third-order valence-corrected chi connectivity index (χ3v) is 0. The molecule has 56 valence electrons. The maximum absolute atomic E-state index is 8.25. The van der Waals surface area contributed by atoms with Gasteiger partial charge >= 0.3 is 78.4 Å². The van der Waals surface area contributed by atoms with Gasteiger partial charge in [-0.05, 0) is 0 Å². The Kier molecular flexibility index (Phi) is 60.5. The van der Waals surface area contributed by atoms with Crippen molar-refractivity contribution < 1.29 is 45.2 Å². The average molecular weight is 301 g/mol. The molecular weight excluding hydrogens is 300 g/mol. The van der Waals surface area contributed by atoms with Gasteiger partial charge in [-0.25, -0.2) is 0 Å². The van der Waals surface area contributed by atoms with Crippen LogP contribution in [0.1, 0.15) is 0 Å². The van der Waals surface area contributed by atoms with Crippen molar-refractivity contribution in [2.24, 2.45) is 0 Å². The molecule has 0 aliphatic rings. The van der Waals surface area contributed by atoms with E-state index in [1.165, 1.54) is 0 Å². The Hall–Kier alpha value is 0.931. The maximum atomic E-state index is 8.25. The molecule has 0 aliphatic heterocycles. The van der Waals surface area contributed by atoms with Crippen molar-refractivity contribution in [3.8, 4) is 0 Å². The number of hydrogen-bond donors (Lipinski definition) is 0. The Morgan fingerprint density at radius 3 is 0.818 bits per heavy atom. The van der Waals surface area contributed by atoms with Gasteiger partial charge in [0.2, 0.25) is 0 Å². The molecule has 0 aromatic carbocycles. The molecule has 0 atom stereocenters. The van der Waals surface area contributed by atoms with Crippen molar-refractivity contribution in [3.05, 3.63) is 30.6 Å². The second-order valence-electron chi connectivity index (χ2n) is 0.447. The Morgan fingerprint density at radius 1 is 0.818 bits per heavy atom. The minimum atomic E-state index is -1.75. The summed E-state index contributed by atoms with van der Waals surface area (Å²) in [6.07, 6.45) is 0. The van der Waals surface area contributed by atoms with Gasteiger partial charge in [-0.1, -0.05) is 0 Å². The van der Waals surface area contributed by atoms with Crippen LogP contribution in [0.2, 0.25) is 0 Å². The molecule has 0 fully saturated rings. The van der Waals surface area contributed by atoms with E-state index in [1.54, 1.807) is 0 Å². The molecule has 9 nitrogen and oxygen atoms in total. The first kappa shape index (κ1) is 29.7. The molecule has 0 amide bonds. The van der Waals surface area contributed by atoms with Crippen LogP contribution in [0.3, 0.4) is 0 Å². The summed E-state index contributed by atoms with van der Waals surface area (Å²) in [4.78, 5) is 16.5. The molecule has 0 radical (unpaired) electrons. The molecule has 0 spiro atoms. The largest absolute Gasteiger partial charge is 2.00 e. The molecule has 0 aromatic rings. The van der Waals surface area contributed by atoms with Crippen LogP contribution in [0.15, 0.2) is 0 Å². The Balaban J connectivity index is -0.0000000171.